The van der Waals surface area contributed by atoms with Gasteiger partial charge in [-0.25, -0.2) is 0 Å². The Kier molecular flexibility index (Phi) is 5.18. The number of carbonyl (C=O) groups is 1. The SMILES string of the molecule is C=CCOc1ccccc1/C=C1\SC(=NC2CCCC2)NC1=O. The van der Waals surface area contributed by atoms with Crippen LogP contribution in [0.5, 0.6) is 5.75 Å². The molecule has 1 amide bonds. The summed E-state index contributed by atoms with van der Waals surface area (Å²) in [5.41, 5.74) is 0.883. The van der Waals surface area contributed by atoms with Crippen LogP contribution in [0.2, 0.25) is 0 Å². The second-order valence-corrected chi connectivity index (χ2v) is 6.61. The van der Waals surface area contributed by atoms with Crippen molar-refractivity contribution in [1.29, 1.82) is 0 Å². The Hall–Kier alpha value is -2.01. The minimum Gasteiger partial charge on any atom is -0.489 e. The number of carbonyl (C=O) groups excluding carboxylic acids is 1. The average Bonchev–Trinajstić information content (AvgIpc) is 3.17. The molecule has 5 heteroatoms. The van der Waals surface area contributed by atoms with E-state index in [1.165, 1.54) is 24.6 Å². The lowest BCUT2D eigenvalue weighted by molar-refractivity contribution is -0.115. The predicted octanol–water partition coefficient (Wildman–Crippen LogP) is 3.75. The summed E-state index contributed by atoms with van der Waals surface area (Å²) in [5.74, 6) is 0.653. The molecule has 2 fully saturated rings. The van der Waals surface area contributed by atoms with Gasteiger partial charge in [-0.3, -0.25) is 9.79 Å². The number of amidine groups is 1. The summed E-state index contributed by atoms with van der Waals surface area (Å²) in [4.78, 5) is 17.5. The molecule has 23 heavy (non-hydrogen) atoms. The molecule has 0 atom stereocenters. The summed E-state index contributed by atoms with van der Waals surface area (Å²) in [5, 5.41) is 3.58. The summed E-state index contributed by atoms with van der Waals surface area (Å²) in [6.07, 6.45) is 8.27. The van der Waals surface area contributed by atoms with Crippen molar-refractivity contribution in [1.82, 2.24) is 5.32 Å². The van der Waals surface area contributed by atoms with Gasteiger partial charge in [0, 0.05) is 5.56 Å². The minimum absolute atomic E-state index is 0.0923. The van der Waals surface area contributed by atoms with Gasteiger partial charge in [0.25, 0.3) is 5.91 Å². The van der Waals surface area contributed by atoms with E-state index in [9.17, 15) is 4.79 Å². The maximum absolute atomic E-state index is 12.2. The molecule has 1 N–H and O–H groups in total. The van der Waals surface area contributed by atoms with Gasteiger partial charge in [0.2, 0.25) is 0 Å². The van der Waals surface area contributed by atoms with Crippen LogP contribution in [-0.2, 0) is 4.79 Å². The molecule has 0 radical (unpaired) electrons. The van der Waals surface area contributed by atoms with Crippen molar-refractivity contribution >= 4 is 28.9 Å². The van der Waals surface area contributed by atoms with Gasteiger partial charge in [0.05, 0.1) is 10.9 Å². The van der Waals surface area contributed by atoms with Gasteiger partial charge in [0.15, 0.2) is 5.17 Å². The molecule has 1 aromatic carbocycles. The molecule has 1 saturated heterocycles. The molecule has 0 bridgehead atoms. The molecule has 120 valence electrons. The Labute approximate surface area is 140 Å². The first-order valence-corrected chi connectivity index (χ1v) is 8.69. The molecule has 0 unspecified atom stereocenters. The summed E-state index contributed by atoms with van der Waals surface area (Å²) in [7, 11) is 0. The highest BCUT2D eigenvalue weighted by Gasteiger charge is 2.25. The van der Waals surface area contributed by atoms with Crippen LogP contribution >= 0.6 is 11.8 Å². The monoisotopic (exact) mass is 328 g/mol. The number of thioether (sulfide) groups is 1. The molecule has 2 aliphatic rings. The van der Waals surface area contributed by atoms with Crippen LogP contribution in [0.3, 0.4) is 0 Å². The van der Waals surface area contributed by atoms with E-state index in [0.29, 0.717) is 17.6 Å². The first-order valence-electron chi connectivity index (χ1n) is 7.87. The van der Waals surface area contributed by atoms with E-state index in [1.54, 1.807) is 6.08 Å². The fraction of sp³-hybridized carbons (Fsp3) is 0.333. The van der Waals surface area contributed by atoms with Crippen LogP contribution in [-0.4, -0.2) is 23.7 Å². The van der Waals surface area contributed by atoms with Crippen LogP contribution < -0.4 is 10.1 Å². The average molecular weight is 328 g/mol. The fourth-order valence-corrected chi connectivity index (χ4v) is 3.59. The van der Waals surface area contributed by atoms with Gasteiger partial charge in [0.1, 0.15) is 12.4 Å². The fourth-order valence-electron chi connectivity index (χ4n) is 2.71. The Bertz CT molecular complexity index is 661. The first-order chi connectivity index (χ1) is 11.3. The van der Waals surface area contributed by atoms with Crippen molar-refractivity contribution in [3.63, 3.8) is 0 Å². The number of para-hydroxylation sites is 1. The number of benzene rings is 1. The first kappa shape index (κ1) is 15.9. The topological polar surface area (TPSA) is 50.7 Å². The summed E-state index contributed by atoms with van der Waals surface area (Å²) < 4.78 is 5.63. The second-order valence-electron chi connectivity index (χ2n) is 5.57. The maximum Gasteiger partial charge on any atom is 0.264 e. The van der Waals surface area contributed by atoms with Crippen molar-refractivity contribution in [3.8, 4) is 5.75 Å². The normalized spacial score (nSPS) is 21.8. The van der Waals surface area contributed by atoms with E-state index in [-0.39, 0.29) is 5.91 Å². The van der Waals surface area contributed by atoms with Gasteiger partial charge in [-0.2, -0.15) is 0 Å². The van der Waals surface area contributed by atoms with Crippen LogP contribution in [0.1, 0.15) is 31.2 Å². The van der Waals surface area contributed by atoms with E-state index in [0.717, 1.165) is 29.3 Å². The number of hydrogen-bond donors (Lipinski definition) is 1. The zero-order valence-electron chi connectivity index (χ0n) is 13.0. The molecule has 0 spiro atoms. The molecule has 1 heterocycles. The third-order valence-corrected chi connectivity index (χ3v) is 4.76. The zero-order valence-corrected chi connectivity index (χ0v) is 13.8. The Morgan fingerprint density at radius 2 is 2.13 bits per heavy atom. The molecule has 1 aliphatic carbocycles. The lowest BCUT2D eigenvalue weighted by Gasteiger charge is -2.06. The van der Waals surface area contributed by atoms with E-state index >= 15 is 0 Å². The largest absolute Gasteiger partial charge is 0.489 e. The number of nitrogens with one attached hydrogen (secondary N) is 1. The Morgan fingerprint density at radius 3 is 2.91 bits per heavy atom. The Balaban J connectivity index is 1.77. The van der Waals surface area contributed by atoms with Gasteiger partial charge in [-0.05, 0) is 36.7 Å². The number of hydrogen-bond acceptors (Lipinski definition) is 4. The molecule has 1 saturated carbocycles. The van der Waals surface area contributed by atoms with Gasteiger partial charge >= 0.3 is 0 Å². The van der Waals surface area contributed by atoms with Crippen molar-refractivity contribution in [2.45, 2.75) is 31.7 Å². The van der Waals surface area contributed by atoms with Crippen LogP contribution in [0.15, 0.2) is 46.8 Å². The number of rotatable bonds is 5. The van der Waals surface area contributed by atoms with Crippen molar-refractivity contribution in [2.24, 2.45) is 4.99 Å². The summed E-state index contributed by atoms with van der Waals surface area (Å²) in [6.45, 7) is 4.09. The summed E-state index contributed by atoms with van der Waals surface area (Å²) >= 11 is 1.41. The van der Waals surface area contributed by atoms with Crippen LogP contribution in [0.25, 0.3) is 6.08 Å². The van der Waals surface area contributed by atoms with Crippen LogP contribution in [0, 0.1) is 0 Å². The van der Waals surface area contributed by atoms with E-state index < -0.39 is 0 Å². The number of ether oxygens (including phenoxy) is 1. The highest BCUT2D eigenvalue weighted by atomic mass is 32.2. The predicted molar refractivity (Wildman–Crippen MR) is 95.5 cm³/mol. The quantitative estimate of drug-likeness (QED) is 0.661. The highest BCUT2D eigenvalue weighted by Crippen LogP contribution is 2.31. The third-order valence-electron chi connectivity index (χ3n) is 3.84. The second kappa shape index (κ2) is 7.51. The maximum atomic E-state index is 12.2. The zero-order chi connectivity index (χ0) is 16.1. The van der Waals surface area contributed by atoms with Crippen LogP contribution in [0.4, 0.5) is 0 Å². The van der Waals surface area contributed by atoms with E-state index in [2.05, 4.69) is 16.9 Å². The van der Waals surface area contributed by atoms with Crippen molar-refractivity contribution in [3.05, 3.63) is 47.4 Å². The van der Waals surface area contributed by atoms with Gasteiger partial charge in [-0.15, -0.1) is 0 Å². The number of amides is 1. The third kappa shape index (κ3) is 4.05. The van der Waals surface area contributed by atoms with Gasteiger partial charge in [-0.1, -0.05) is 43.7 Å². The van der Waals surface area contributed by atoms with Crippen molar-refractivity contribution in [2.75, 3.05) is 6.61 Å². The number of nitrogens with zero attached hydrogens (tertiary/aromatic N) is 1. The van der Waals surface area contributed by atoms with E-state index in [4.69, 9.17) is 4.74 Å². The van der Waals surface area contributed by atoms with Gasteiger partial charge < -0.3 is 10.1 Å². The lowest BCUT2D eigenvalue weighted by Crippen LogP contribution is -2.21. The van der Waals surface area contributed by atoms with Crippen molar-refractivity contribution < 1.29 is 9.53 Å². The molecule has 1 aliphatic heterocycles. The Morgan fingerprint density at radius 1 is 1.35 bits per heavy atom. The number of aliphatic imine (C=N–C) groups is 1. The smallest absolute Gasteiger partial charge is 0.264 e. The molecule has 1 aromatic rings. The lowest BCUT2D eigenvalue weighted by atomic mass is 10.2. The molecular weight excluding hydrogens is 308 g/mol. The van der Waals surface area contributed by atoms with E-state index in [1.807, 2.05) is 30.3 Å². The highest BCUT2D eigenvalue weighted by molar-refractivity contribution is 8.18. The molecule has 0 aromatic heterocycles. The minimum atomic E-state index is -0.0923. The standard InChI is InChI=1S/C18H20N2O2S/c1-2-11-22-15-10-6-3-7-13(15)12-16-17(21)20-18(23-16)19-14-8-4-5-9-14/h2-3,6-7,10,12,14H,1,4-5,8-9,11H2,(H,19,20,21)/b16-12-. The summed E-state index contributed by atoms with van der Waals surface area (Å²) in [6, 6.07) is 8.03. The molecule has 3 rings (SSSR count). The molecular formula is C18H20N2O2S. The molecule has 4 nitrogen and oxygen atoms in total.